The van der Waals surface area contributed by atoms with Gasteiger partial charge in [0.05, 0.1) is 0 Å². The number of hydrogen-bond donors (Lipinski definition) is 0. The average molecular weight is 336 g/mol. The Morgan fingerprint density at radius 3 is 1.95 bits per heavy atom. The Morgan fingerprint density at radius 1 is 1.15 bits per heavy atom. The van der Waals surface area contributed by atoms with E-state index in [9.17, 15) is 9.59 Å². The Hall–Kier alpha value is -0.276. The van der Waals surface area contributed by atoms with E-state index in [-0.39, 0.29) is 11.9 Å². The zero-order valence-electron chi connectivity index (χ0n) is 14.1. The van der Waals surface area contributed by atoms with Crippen LogP contribution in [0, 0.1) is 0 Å². The predicted molar refractivity (Wildman–Crippen MR) is 92.1 cm³/mol. The maximum atomic E-state index is 12.5. The van der Waals surface area contributed by atoms with Crippen molar-refractivity contribution in [3.05, 3.63) is 0 Å². The van der Waals surface area contributed by atoms with Crippen molar-refractivity contribution < 1.29 is 14.0 Å². The van der Waals surface area contributed by atoms with Crippen LogP contribution in [-0.4, -0.2) is 51.0 Å². The van der Waals surface area contributed by atoms with E-state index in [1.54, 1.807) is 23.3 Å². The van der Waals surface area contributed by atoms with E-state index >= 15 is 0 Å². The van der Waals surface area contributed by atoms with Gasteiger partial charge in [-0.3, -0.25) is 9.59 Å². The predicted octanol–water partition coefficient (Wildman–Crippen LogP) is 3.17. The maximum Gasteiger partial charge on any atom is 0.314 e. The molecular weight excluding hydrogens is 306 g/mol. The number of hydrogen-bond acceptors (Lipinski definition) is 4. The van der Waals surface area contributed by atoms with Gasteiger partial charge >= 0.3 is 5.97 Å². The van der Waals surface area contributed by atoms with Crippen molar-refractivity contribution in [2.24, 2.45) is 0 Å². The lowest BCUT2D eigenvalue weighted by Gasteiger charge is -2.39. The second-order valence-electron chi connectivity index (χ2n) is 6.89. The van der Waals surface area contributed by atoms with Gasteiger partial charge in [-0.15, -0.1) is 0 Å². The Balaban J connectivity index is 5.30. The third-order valence-electron chi connectivity index (χ3n) is 2.65. The lowest BCUT2D eigenvalue weighted by Crippen LogP contribution is -2.58. The monoisotopic (exact) mass is 335 g/mol. The summed E-state index contributed by atoms with van der Waals surface area (Å²) in [5.41, 5.74) is 0. The minimum atomic E-state index is -1.94. The molecular formula is C13H29NO3SSi2. The molecule has 4 nitrogen and oxygen atoms in total. The lowest BCUT2D eigenvalue weighted by atomic mass is 10.2. The summed E-state index contributed by atoms with van der Waals surface area (Å²) >= 11 is 1.69. The molecule has 0 N–H and O–H groups in total. The van der Waals surface area contributed by atoms with E-state index in [1.165, 1.54) is 0 Å². The number of amides is 1. The van der Waals surface area contributed by atoms with Gasteiger partial charge in [0.2, 0.25) is 14.2 Å². The van der Waals surface area contributed by atoms with Crippen LogP contribution in [0.15, 0.2) is 0 Å². The van der Waals surface area contributed by atoms with Crippen molar-refractivity contribution in [1.82, 2.24) is 4.57 Å². The Kier molecular flexibility index (Phi) is 7.55. The van der Waals surface area contributed by atoms with Gasteiger partial charge in [0, 0.05) is 6.92 Å². The molecule has 1 atom stereocenters. The summed E-state index contributed by atoms with van der Waals surface area (Å²) in [6.45, 7) is 13.8. The highest BCUT2D eigenvalue weighted by molar-refractivity contribution is 7.98. The van der Waals surface area contributed by atoms with Crippen LogP contribution in [0.1, 0.15) is 13.3 Å². The zero-order chi connectivity index (χ0) is 16.1. The third kappa shape index (κ3) is 6.94. The van der Waals surface area contributed by atoms with Gasteiger partial charge in [-0.25, -0.2) is 0 Å². The molecule has 0 saturated heterocycles. The SMILES string of the molecule is CSCC[C@@H](C(=O)O[Si](C)(C)C)N(C(C)=O)[Si](C)(C)C. The molecule has 0 saturated carbocycles. The standard InChI is InChI=1S/C13H29NO3SSi2/c1-11(15)14(19(3,4)5)12(9-10-18-2)13(16)17-20(6,7)8/h12H,9-10H2,1-8H3/t12-/m0/s1. The molecule has 118 valence electrons. The topological polar surface area (TPSA) is 46.6 Å². The first kappa shape index (κ1) is 19.7. The van der Waals surface area contributed by atoms with Gasteiger partial charge in [0.15, 0.2) is 8.24 Å². The summed E-state index contributed by atoms with van der Waals surface area (Å²) in [7, 11) is -3.85. The molecule has 0 aliphatic heterocycles. The Morgan fingerprint density at radius 2 is 1.65 bits per heavy atom. The minimum absolute atomic E-state index is 0.0252. The molecule has 1 amide bonds. The molecule has 0 rings (SSSR count). The number of carbonyl (C=O) groups excluding carboxylic acids is 2. The van der Waals surface area contributed by atoms with Gasteiger partial charge in [0.25, 0.3) is 0 Å². The molecule has 0 heterocycles. The number of rotatable bonds is 7. The van der Waals surface area contributed by atoms with Crippen LogP contribution in [0.4, 0.5) is 0 Å². The zero-order valence-corrected chi connectivity index (χ0v) is 16.9. The van der Waals surface area contributed by atoms with Crippen LogP contribution in [-0.2, 0) is 14.0 Å². The van der Waals surface area contributed by atoms with Crippen molar-refractivity contribution in [3.63, 3.8) is 0 Å². The Labute approximate surface area is 129 Å². The first-order valence-corrected chi connectivity index (χ1v) is 15.2. The summed E-state index contributed by atoms with van der Waals surface area (Å²) in [5, 5.41) is 0. The van der Waals surface area contributed by atoms with E-state index < -0.39 is 22.6 Å². The first-order valence-electron chi connectivity index (χ1n) is 6.92. The van der Waals surface area contributed by atoms with Crippen LogP contribution in [0.2, 0.25) is 39.3 Å². The fraction of sp³-hybridized carbons (Fsp3) is 0.846. The van der Waals surface area contributed by atoms with E-state index in [1.807, 2.05) is 25.9 Å². The lowest BCUT2D eigenvalue weighted by molar-refractivity contribution is -0.144. The molecule has 20 heavy (non-hydrogen) atoms. The molecule has 0 unspecified atom stereocenters. The van der Waals surface area contributed by atoms with Crippen LogP contribution < -0.4 is 0 Å². The molecule has 0 aliphatic carbocycles. The largest absolute Gasteiger partial charge is 0.518 e. The molecule has 0 aromatic heterocycles. The van der Waals surface area contributed by atoms with E-state index in [2.05, 4.69) is 19.6 Å². The smallest absolute Gasteiger partial charge is 0.314 e. The van der Waals surface area contributed by atoms with Crippen molar-refractivity contribution >= 4 is 40.2 Å². The average Bonchev–Trinajstić information content (AvgIpc) is 2.18. The van der Waals surface area contributed by atoms with Gasteiger partial charge in [-0.05, 0) is 38.1 Å². The van der Waals surface area contributed by atoms with E-state index in [4.69, 9.17) is 4.43 Å². The van der Waals surface area contributed by atoms with Crippen LogP contribution in [0.3, 0.4) is 0 Å². The second-order valence-corrected chi connectivity index (χ2v) is 17.1. The Bertz CT molecular complexity index is 351. The summed E-state index contributed by atoms with van der Waals surface area (Å²) in [6, 6.07) is -0.432. The highest BCUT2D eigenvalue weighted by atomic mass is 32.2. The summed E-state index contributed by atoms with van der Waals surface area (Å²) in [4.78, 5) is 24.5. The highest BCUT2D eigenvalue weighted by Crippen LogP contribution is 2.20. The van der Waals surface area contributed by atoms with E-state index in [0.29, 0.717) is 6.42 Å². The van der Waals surface area contributed by atoms with Gasteiger partial charge in [0.1, 0.15) is 6.04 Å². The van der Waals surface area contributed by atoms with Gasteiger partial charge in [-0.2, -0.15) is 11.8 Å². The van der Waals surface area contributed by atoms with Crippen molar-refractivity contribution in [3.8, 4) is 0 Å². The highest BCUT2D eigenvalue weighted by Gasteiger charge is 2.38. The second kappa shape index (κ2) is 7.65. The number of thioether (sulfide) groups is 1. The molecule has 0 radical (unpaired) electrons. The fourth-order valence-corrected chi connectivity index (χ4v) is 5.42. The summed E-state index contributed by atoms with van der Waals surface area (Å²) in [6.07, 6.45) is 2.67. The van der Waals surface area contributed by atoms with Crippen LogP contribution in [0.25, 0.3) is 0 Å². The molecule has 0 bridgehead atoms. The van der Waals surface area contributed by atoms with Crippen molar-refractivity contribution in [2.75, 3.05) is 12.0 Å². The molecule has 0 aromatic rings. The van der Waals surface area contributed by atoms with Crippen molar-refractivity contribution in [1.29, 1.82) is 0 Å². The van der Waals surface area contributed by atoms with Gasteiger partial charge in [-0.1, -0.05) is 19.6 Å². The first-order chi connectivity index (χ1) is 8.90. The number of carbonyl (C=O) groups is 2. The quantitative estimate of drug-likeness (QED) is 0.670. The van der Waals surface area contributed by atoms with Crippen LogP contribution in [0.5, 0.6) is 0 Å². The fourth-order valence-electron chi connectivity index (χ4n) is 2.11. The molecule has 0 fully saturated rings. The summed E-state index contributed by atoms with van der Waals surface area (Å²) < 4.78 is 7.44. The molecule has 0 spiro atoms. The molecule has 0 aromatic carbocycles. The third-order valence-corrected chi connectivity index (χ3v) is 6.18. The maximum absolute atomic E-state index is 12.5. The molecule has 7 heteroatoms. The number of nitrogens with zero attached hydrogens (tertiary/aromatic N) is 1. The summed E-state index contributed by atoms with van der Waals surface area (Å²) in [5.74, 6) is 0.596. The van der Waals surface area contributed by atoms with E-state index in [0.717, 1.165) is 5.75 Å². The van der Waals surface area contributed by atoms with Crippen LogP contribution >= 0.6 is 11.8 Å². The normalized spacial score (nSPS) is 13.8. The van der Waals surface area contributed by atoms with Crippen molar-refractivity contribution in [2.45, 2.75) is 58.7 Å². The minimum Gasteiger partial charge on any atom is -0.518 e. The van der Waals surface area contributed by atoms with Gasteiger partial charge < -0.3 is 8.99 Å². The molecule has 0 aliphatic rings.